The third kappa shape index (κ3) is 6.57. The lowest BCUT2D eigenvalue weighted by Crippen LogP contribution is -2.18. The molecule has 1 aromatic carbocycles. The molecule has 0 heterocycles. The van der Waals surface area contributed by atoms with Crippen LogP contribution in [0.5, 0.6) is 0 Å². The van der Waals surface area contributed by atoms with Crippen LogP contribution in [0.25, 0.3) is 0 Å². The van der Waals surface area contributed by atoms with E-state index in [2.05, 4.69) is 5.32 Å². The maximum absolute atomic E-state index is 13.0. The van der Waals surface area contributed by atoms with E-state index in [0.29, 0.717) is 5.69 Å². The molecule has 0 atom stereocenters. The number of nitrogens with one attached hydrogen (secondary N) is 1. The van der Waals surface area contributed by atoms with Crippen molar-refractivity contribution in [3.05, 3.63) is 24.0 Å². The topological polar surface area (TPSA) is 89.3 Å². The summed E-state index contributed by atoms with van der Waals surface area (Å²) in [7, 11) is -3.11. The number of amides is 1. The van der Waals surface area contributed by atoms with Gasteiger partial charge in [0, 0.05) is 12.1 Å². The normalized spacial score (nSPS) is 11.6. The quantitative estimate of drug-likeness (QED) is 0.755. The first kappa shape index (κ1) is 17.4. The highest BCUT2D eigenvalue weighted by atomic mass is 32.2. The van der Waals surface area contributed by atoms with Crippen LogP contribution in [-0.4, -0.2) is 25.8 Å². The fourth-order valence-electron chi connectivity index (χ4n) is 1.89. The van der Waals surface area contributed by atoms with Gasteiger partial charge >= 0.3 is 0 Å². The Kier molecular flexibility index (Phi) is 6.14. The molecule has 0 aromatic heterocycles. The number of sulfone groups is 1. The molecule has 0 bridgehead atoms. The van der Waals surface area contributed by atoms with Gasteiger partial charge in [-0.15, -0.1) is 0 Å². The van der Waals surface area contributed by atoms with Gasteiger partial charge in [0.2, 0.25) is 5.91 Å². The van der Waals surface area contributed by atoms with Crippen molar-refractivity contribution >= 4 is 27.1 Å². The minimum atomic E-state index is -3.11. The Morgan fingerprint density at radius 3 is 2.62 bits per heavy atom. The van der Waals surface area contributed by atoms with Crippen LogP contribution in [0.2, 0.25) is 0 Å². The number of benzene rings is 1. The van der Waals surface area contributed by atoms with E-state index in [9.17, 15) is 17.6 Å². The van der Waals surface area contributed by atoms with E-state index in [1.54, 1.807) is 0 Å². The molecule has 0 spiro atoms. The fraction of sp³-hybridized carbons (Fsp3) is 0.500. The Labute approximate surface area is 124 Å². The Morgan fingerprint density at radius 1 is 1.38 bits per heavy atom. The van der Waals surface area contributed by atoms with E-state index < -0.39 is 15.7 Å². The Bertz CT molecular complexity index is 600. The maximum atomic E-state index is 13.0. The number of hydrogen-bond donors (Lipinski definition) is 2. The molecule has 1 amide bonds. The van der Waals surface area contributed by atoms with Crippen LogP contribution in [0, 0.1) is 11.7 Å². The minimum Gasteiger partial charge on any atom is -0.396 e. The van der Waals surface area contributed by atoms with Crippen molar-refractivity contribution < 1.29 is 17.6 Å². The first-order valence-electron chi connectivity index (χ1n) is 6.75. The summed E-state index contributed by atoms with van der Waals surface area (Å²) < 4.78 is 36.3. The van der Waals surface area contributed by atoms with Crippen LogP contribution < -0.4 is 11.1 Å². The lowest BCUT2D eigenvalue weighted by molar-refractivity contribution is -0.116. The van der Waals surface area contributed by atoms with Gasteiger partial charge in [-0.2, -0.15) is 0 Å². The summed E-state index contributed by atoms with van der Waals surface area (Å²) in [6.07, 6.45) is 0.353. The zero-order valence-electron chi connectivity index (χ0n) is 12.2. The summed E-state index contributed by atoms with van der Waals surface area (Å²) in [5.74, 6) is -0.674. The molecule has 0 saturated carbocycles. The van der Waals surface area contributed by atoms with E-state index in [-0.39, 0.29) is 41.9 Å². The van der Waals surface area contributed by atoms with Crippen molar-refractivity contribution in [2.45, 2.75) is 26.7 Å². The average Bonchev–Trinajstić information content (AvgIpc) is 2.32. The molecule has 0 unspecified atom stereocenters. The predicted molar refractivity (Wildman–Crippen MR) is 82.2 cm³/mol. The second kappa shape index (κ2) is 7.40. The molecule has 0 aliphatic rings. The molecular formula is C14H21FN2O3S. The predicted octanol–water partition coefficient (Wildman–Crippen LogP) is 2.20. The van der Waals surface area contributed by atoms with Gasteiger partial charge in [-0.05, 0) is 30.5 Å². The molecule has 0 aliphatic heterocycles. The van der Waals surface area contributed by atoms with Crippen molar-refractivity contribution in [3.63, 3.8) is 0 Å². The molecule has 0 aliphatic carbocycles. The zero-order valence-corrected chi connectivity index (χ0v) is 13.0. The molecule has 21 heavy (non-hydrogen) atoms. The second-order valence-electron chi connectivity index (χ2n) is 5.40. The van der Waals surface area contributed by atoms with Crippen molar-refractivity contribution in [3.8, 4) is 0 Å². The van der Waals surface area contributed by atoms with E-state index in [1.807, 2.05) is 13.8 Å². The fourth-order valence-corrected chi connectivity index (χ4v) is 3.66. The summed E-state index contributed by atoms with van der Waals surface area (Å²) in [6.45, 7) is 3.67. The van der Waals surface area contributed by atoms with E-state index in [4.69, 9.17) is 5.73 Å². The standard InChI is InChI=1S/C14H21FN2O3S/c1-10(2)9-21(19,20)7-3-4-14(18)17-11-5-6-12(15)13(16)8-11/h5-6,8,10H,3-4,7,9,16H2,1-2H3,(H,17,18). The highest BCUT2D eigenvalue weighted by Gasteiger charge is 2.14. The maximum Gasteiger partial charge on any atom is 0.224 e. The number of anilines is 2. The summed E-state index contributed by atoms with van der Waals surface area (Å²) in [5.41, 5.74) is 5.74. The van der Waals surface area contributed by atoms with Gasteiger partial charge in [0.25, 0.3) is 0 Å². The van der Waals surface area contributed by atoms with Crippen LogP contribution >= 0.6 is 0 Å². The molecule has 5 nitrogen and oxygen atoms in total. The Morgan fingerprint density at radius 2 is 2.05 bits per heavy atom. The number of nitrogen functional groups attached to an aromatic ring is 1. The molecule has 7 heteroatoms. The number of nitrogens with two attached hydrogens (primary N) is 1. The number of halogens is 1. The lowest BCUT2D eigenvalue weighted by Gasteiger charge is -2.08. The number of carbonyl (C=O) groups is 1. The number of carbonyl (C=O) groups excluding carboxylic acids is 1. The molecule has 118 valence electrons. The van der Waals surface area contributed by atoms with Gasteiger partial charge in [-0.3, -0.25) is 4.79 Å². The minimum absolute atomic E-state index is 0.00977. The van der Waals surface area contributed by atoms with Gasteiger partial charge < -0.3 is 11.1 Å². The first-order valence-corrected chi connectivity index (χ1v) is 8.57. The third-order valence-corrected chi connectivity index (χ3v) is 4.81. The SMILES string of the molecule is CC(C)CS(=O)(=O)CCCC(=O)Nc1ccc(F)c(N)c1. The highest BCUT2D eigenvalue weighted by molar-refractivity contribution is 7.91. The van der Waals surface area contributed by atoms with Crippen molar-refractivity contribution in [1.82, 2.24) is 0 Å². The Balaban J connectivity index is 2.43. The average molecular weight is 316 g/mol. The Hall–Kier alpha value is -1.63. The van der Waals surface area contributed by atoms with Crippen LogP contribution in [0.15, 0.2) is 18.2 Å². The number of hydrogen-bond acceptors (Lipinski definition) is 4. The molecule has 1 rings (SSSR count). The molecule has 3 N–H and O–H groups in total. The van der Waals surface area contributed by atoms with Crippen LogP contribution in [-0.2, 0) is 14.6 Å². The van der Waals surface area contributed by atoms with Crippen LogP contribution in [0.4, 0.5) is 15.8 Å². The van der Waals surface area contributed by atoms with Gasteiger partial charge in [0.1, 0.15) is 5.82 Å². The molecule has 0 fully saturated rings. The largest absolute Gasteiger partial charge is 0.396 e. The summed E-state index contributed by atoms with van der Waals surface area (Å²) >= 11 is 0. The zero-order chi connectivity index (χ0) is 16.0. The molecule has 0 radical (unpaired) electrons. The van der Waals surface area contributed by atoms with E-state index >= 15 is 0 Å². The summed E-state index contributed by atoms with van der Waals surface area (Å²) in [4.78, 5) is 11.7. The molecule has 1 aromatic rings. The third-order valence-electron chi connectivity index (χ3n) is 2.73. The summed E-state index contributed by atoms with van der Waals surface area (Å²) in [5, 5.41) is 2.56. The van der Waals surface area contributed by atoms with Crippen molar-refractivity contribution in [2.75, 3.05) is 22.6 Å². The van der Waals surface area contributed by atoms with E-state index in [1.165, 1.54) is 12.1 Å². The van der Waals surface area contributed by atoms with Crippen molar-refractivity contribution in [1.29, 1.82) is 0 Å². The van der Waals surface area contributed by atoms with Gasteiger partial charge in [0.15, 0.2) is 9.84 Å². The first-order chi connectivity index (χ1) is 9.69. The summed E-state index contributed by atoms with van der Waals surface area (Å²) in [6, 6.07) is 3.89. The smallest absolute Gasteiger partial charge is 0.224 e. The second-order valence-corrected chi connectivity index (χ2v) is 7.62. The number of rotatable bonds is 7. The molecule has 0 saturated heterocycles. The van der Waals surface area contributed by atoms with Gasteiger partial charge in [-0.25, -0.2) is 12.8 Å². The van der Waals surface area contributed by atoms with Crippen molar-refractivity contribution in [2.24, 2.45) is 5.92 Å². The monoisotopic (exact) mass is 316 g/mol. The van der Waals surface area contributed by atoms with Crippen LogP contribution in [0.1, 0.15) is 26.7 Å². The van der Waals surface area contributed by atoms with Gasteiger partial charge in [0.05, 0.1) is 17.2 Å². The molecular weight excluding hydrogens is 295 g/mol. The van der Waals surface area contributed by atoms with E-state index in [0.717, 1.165) is 6.07 Å². The van der Waals surface area contributed by atoms with Gasteiger partial charge in [-0.1, -0.05) is 13.8 Å². The highest BCUT2D eigenvalue weighted by Crippen LogP contribution is 2.16. The van der Waals surface area contributed by atoms with Crippen LogP contribution in [0.3, 0.4) is 0 Å². The lowest BCUT2D eigenvalue weighted by atomic mass is 10.2.